The molecule has 3 aliphatic carbocycles. The summed E-state index contributed by atoms with van der Waals surface area (Å²) in [5, 5.41) is 10.1. The predicted octanol–water partition coefficient (Wildman–Crippen LogP) is 41.4. The van der Waals surface area contributed by atoms with Crippen molar-refractivity contribution in [2.45, 2.75) is 231 Å². The fourth-order valence-electron chi connectivity index (χ4n) is 26.8. The first kappa shape index (κ1) is 94.2. The van der Waals surface area contributed by atoms with Crippen LogP contribution in [0.5, 0.6) is 0 Å². The van der Waals surface area contributed by atoms with Gasteiger partial charge in [-0.2, -0.15) is 0 Å². The number of rotatable bonds is 39. The molecule has 18 aromatic carbocycles. The van der Waals surface area contributed by atoms with Gasteiger partial charge in [-0.15, -0.1) is 0 Å². The standard InChI is InChI=1S/C144H136N4/c1-5-9-13-17-21-38-84-143(85-39-22-18-14-10-6-2)131-95-111(100-44-30-26-31-45-100)59-74-119(131)120-75-60-112(96-132(120)143)102-56-71-117(72-57-102)147-141-82-67-109(107-65-80-138-126(91-107)124-49-35-37-51-136(124)148(138)118-73-58-101-52-53-104(101)88-118)93-129(141)130-94-110(68-83-142(130)147)114-62-77-122-121-76-61-113(97-133(121)144(134(122)98-114,86-40-23-19-15-11-7-3)87-41-24-20-16-12-8-4)103-54-69-116(70-55-103)146-139-78-63-105(99-42-28-25-29-43-99)89-127(139)128-92-108(66-81-140(128)146)106-64-79-137-125(90-106)123-48-34-36-50-135(123)145(137)115-46-32-27-33-47-115/h25-37,42-51,54-83,88-98H,5-24,38-41,52-53,84-87H2,1-4H3. The zero-order valence-corrected chi connectivity index (χ0v) is 87.0. The van der Waals surface area contributed by atoms with Gasteiger partial charge in [0.25, 0.3) is 0 Å². The summed E-state index contributed by atoms with van der Waals surface area (Å²) in [6.45, 7) is 9.40. The van der Waals surface area contributed by atoms with E-state index in [4.69, 9.17) is 0 Å². The molecule has 4 nitrogen and oxygen atoms in total. The summed E-state index contributed by atoms with van der Waals surface area (Å²) in [6, 6.07) is 151. The smallest absolute Gasteiger partial charge is 0.0541 e. The van der Waals surface area contributed by atoms with Crippen molar-refractivity contribution in [1.82, 2.24) is 18.3 Å². The number of hydrogen-bond donors (Lipinski definition) is 0. The van der Waals surface area contributed by atoms with Crippen LogP contribution in [0.4, 0.5) is 0 Å². The SMILES string of the molecule is CCCCCCCCC1(CCCCCCCC)c2cc(-c3ccccc3)ccc2-c2ccc(-c3ccc(-n4c5ccc(-c6ccc7c(c6)C(CCCCCCCC)(CCCCCCCC)c6cc(-c8ccc(-n9c%10ccc(-c%11ccccc%11)cc%10c%10cc(-c%11ccc%12c(c%11)c%11ccccc%11n%12-c%11ccccc%11)ccc%109)cc8)ccc6-7)cc5c5cc(-c6ccc7c(c6)c6ccccc6n7-c6ccc7c(c6)CC7)ccc54)cc3)cc21. The van der Waals surface area contributed by atoms with Gasteiger partial charge in [0.1, 0.15) is 0 Å². The molecule has 0 aliphatic heterocycles. The molecule has 4 heterocycles. The lowest BCUT2D eigenvalue weighted by atomic mass is 9.70. The van der Waals surface area contributed by atoms with E-state index < -0.39 is 0 Å². The highest BCUT2D eigenvalue weighted by Gasteiger charge is 2.45. The molecule has 0 radical (unpaired) electrons. The number of benzene rings is 18. The Morgan fingerprint density at radius 1 is 0.162 bits per heavy atom. The maximum atomic E-state index is 2.70. The van der Waals surface area contributed by atoms with Crippen molar-refractivity contribution in [3.63, 3.8) is 0 Å². The summed E-state index contributed by atoms with van der Waals surface area (Å²) in [5.74, 6) is 0. The van der Waals surface area contributed by atoms with Crippen LogP contribution in [-0.4, -0.2) is 18.3 Å². The van der Waals surface area contributed by atoms with E-state index in [9.17, 15) is 0 Å². The van der Waals surface area contributed by atoms with Crippen LogP contribution < -0.4 is 0 Å². The quantitative estimate of drug-likeness (QED) is 0.0342. The highest BCUT2D eigenvalue weighted by Crippen LogP contribution is 2.59. The topological polar surface area (TPSA) is 19.7 Å². The number of hydrogen-bond acceptors (Lipinski definition) is 0. The van der Waals surface area contributed by atoms with Gasteiger partial charge in [-0.25, -0.2) is 0 Å². The third-order valence-electron chi connectivity index (χ3n) is 34.7. The Kier molecular flexibility index (Phi) is 26.2. The normalized spacial score (nSPS) is 13.3. The number of aromatic nitrogens is 4. The number of para-hydroxylation sites is 3. The molecule has 0 saturated heterocycles. The molecule has 0 fully saturated rings. The Morgan fingerprint density at radius 3 is 0.696 bits per heavy atom. The van der Waals surface area contributed by atoms with E-state index >= 15 is 0 Å². The van der Waals surface area contributed by atoms with Crippen molar-refractivity contribution in [2.24, 2.45) is 0 Å². The van der Waals surface area contributed by atoms with Gasteiger partial charge >= 0.3 is 0 Å². The second-order valence-electron chi connectivity index (χ2n) is 43.7. The monoisotopic (exact) mass is 1920 g/mol. The van der Waals surface area contributed by atoms with Crippen molar-refractivity contribution in [3.05, 3.63) is 422 Å². The molecule has 0 unspecified atom stereocenters. The molecule has 4 aromatic heterocycles. The molecule has 25 rings (SSSR count). The van der Waals surface area contributed by atoms with Gasteiger partial charge < -0.3 is 18.3 Å². The van der Waals surface area contributed by atoms with Crippen molar-refractivity contribution in [1.29, 1.82) is 0 Å². The molecular formula is C144H136N4. The van der Waals surface area contributed by atoms with Gasteiger partial charge in [-0.3, -0.25) is 0 Å². The first-order chi connectivity index (χ1) is 73.2. The second-order valence-corrected chi connectivity index (χ2v) is 43.7. The highest BCUT2D eigenvalue weighted by molar-refractivity contribution is 6.16. The van der Waals surface area contributed by atoms with Gasteiger partial charge in [0.2, 0.25) is 0 Å². The predicted molar refractivity (Wildman–Crippen MR) is 634 cm³/mol. The van der Waals surface area contributed by atoms with E-state index in [0.717, 1.165) is 24.9 Å². The maximum Gasteiger partial charge on any atom is 0.0541 e. The van der Waals surface area contributed by atoms with Crippen LogP contribution in [0.3, 0.4) is 0 Å². The molecule has 0 N–H and O–H groups in total. The Labute approximate surface area is 874 Å². The molecule has 0 spiro atoms. The van der Waals surface area contributed by atoms with Gasteiger partial charge in [-0.1, -0.05) is 412 Å². The van der Waals surface area contributed by atoms with Crippen LogP contribution in [0, 0.1) is 0 Å². The van der Waals surface area contributed by atoms with Gasteiger partial charge in [0, 0.05) is 76.7 Å². The second kappa shape index (κ2) is 41.1. The average molecular weight is 1920 g/mol. The minimum Gasteiger partial charge on any atom is -0.309 e. The zero-order valence-electron chi connectivity index (χ0n) is 87.0. The Hall–Kier alpha value is -14.8. The van der Waals surface area contributed by atoms with E-state index in [1.807, 2.05) is 0 Å². The Balaban J connectivity index is 0.593. The van der Waals surface area contributed by atoms with E-state index in [1.54, 1.807) is 11.1 Å². The van der Waals surface area contributed by atoms with Crippen LogP contribution in [0.25, 0.3) is 210 Å². The van der Waals surface area contributed by atoms with Crippen LogP contribution >= 0.6 is 0 Å². The molecule has 0 atom stereocenters. The molecule has 22 aromatic rings. The summed E-state index contributed by atoms with van der Waals surface area (Å²) in [5.41, 5.74) is 46.5. The van der Waals surface area contributed by atoms with Crippen molar-refractivity contribution in [3.8, 4) is 123 Å². The maximum absolute atomic E-state index is 2.70. The molecule has 3 aliphatic rings. The first-order valence-corrected chi connectivity index (χ1v) is 56.5. The molecule has 4 heteroatoms. The van der Waals surface area contributed by atoms with E-state index in [2.05, 4.69) is 434 Å². The molecule has 148 heavy (non-hydrogen) atoms. The lowest BCUT2D eigenvalue weighted by molar-refractivity contribution is 0.398. The Bertz CT molecular complexity index is 8650. The van der Waals surface area contributed by atoms with Gasteiger partial charge in [-0.05, 0) is 330 Å². The lowest BCUT2D eigenvalue weighted by Gasteiger charge is -2.33. The van der Waals surface area contributed by atoms with Crippen LogP contribution in [0.15, 0.2) is 388 Å². The Morgan fingerprint density at radius 2 is 0.385 bits per heavy atom. The summed E-state index contributed by atoms with van der Waals surface area (Å²) in [7, 11) is 0. The summed E-state index contributed by atoms with van der Waals surface area (Å²) in [6.07, 6.45) is 37.6. The summed E-state index contributed by atoms with van der Waals surface area (Å²) in [4.78, 5) is 0. The molecule has 0 saturated carbocycles. The fraction of sp³-hybridized carbons (Fsp3) is 0.250. The summed E-state index contributed by atoms with van der Waals surface area (Å²) >= 11 is 0. The fourth-order valence-corrected chi connectivity index (χ4v) is 26.8. The molecule has 0 bridgehead atoms. The van der Waals surface area contributed by atoms with Crippen LogP contribution in [0.2, 0.25) is 0 Å². The number of unbranched alkanes of at least 4 members (excludes halogenated alkanes) is 20. The van der Waals surface area contributed by atoms with Gasteiger partial charge in [0.05, 0.1) is 44.1 Å². The van der Waals surface area contributed by atoms with Crippen molar-refractivity contribution < 1.29 is 0 Å². The zero-order chi connectivity index (χ0) is 99.2. The number of nitrogens with zero attached hydrogens (tertiary/aromatic N) is 4. The number of aryl methyl sites for hydroxylation is 2. The van der Waals surface area contributed by atoms with Crippen molar-refractivity contribution in [2.75, 3.05) is 0 Å². The lowest BCUT2D eigenvalue weighted by Crippen LogP contribution is -2.25. The third-order valence-corrected chi connectivity index (χ3v) is 34.7. The largest absolute Gasteiger partial charge is 0.309 e. The molecule has 0 amide bonds. The summed E-state index contributed by atoms with van der Waals surface area (Å²) < 4.78 is 10.0. The number of fused-ring (bicyclic) bond motifs is 19. The van der Waals surface area contributed by atoms with Gasteiger partial charge in [0.15, 0.2) is 0 Å². The average Bonchev–Trinajstić information content (AvgIpc) is 1.55. The van der Waals surface area contributed by atoms with Crippen LogP contribution in [-0.2, 0) is 23.7 Å². The highest BCUT2D eigenvalue weighted by atomic mass is 15.0. The molecular weight excluding hydrogens is 1790 g/mol. The first-order valence-electron chi connectivity index (χ1n) is 56.5. The minimum absolute atomic E-state index is 0.0697. The minimum atomic E-state index is -0.183. The van der Waals surface area contributed by atoms with Crippen molar-refractivity contribution >= 4 is 87.2 Å². The van der Waals surface area contributed by atoms with E-state index in [-0.39, 0.29) is 10.8 Å². The van der Waals surface area contributed by atoms with E-state index in [1.165, 1.54) is 400 Å². The van der Waals surface area contributed by atoms with Crippen LogP contribution in [0.1, 0.15) is 241 Å². The molecule has 732 valence electrons. The third kappa shape index (κ3) is 17.2. The van der Waals surface area contributed by atoms with E-state index in [0.29, 0.717) is 0 Å².